The molecule has 2 bridgehead atoms. The molecule has 2 aliphatic heterocycles. The van der Waals surface area contributed by atoms with Crippen molar-refractivity contribution in [3.8, 4) is 6.07 Å². The normalized spacial score (nSPS) is 38.2. The Labute approximate surface area is 162 Å². The van der Waals surface area contributed by atoms with Crippen molar-refractivity contribution in [2.75, 3.05) is 31.9 Å². The number of hydrogen-bond acceptors (Lipinski definition) is 5. The Morgan fingerprint density at radius 2 is 2.04 bits per heavy atom. The molecule has 2 saturated carbocycles. The molecule has 0 aromatic rings. The molecule has 0 aromatic heterocycles. The highest BCUT2D eigenvalue weighted by atomic mass is 32.2. The highest BCUT2D eigenvalue weighted by molar-refractivity contribution is 7.89. The Bertz CT molecular complexity index is 734. The lowest BCUT2D eigenvalue weighted by Gasteiger charge is -2.35. The summed E-state index contributed by atoms with van der Waals surface area (Å²) in [4.78, 5) is 14.2. The van der Waals surface area contributed by atoms with Gasteiger partial charge in [-0.15, -0.1) is 0 Å². The molecule has 2 aliphatic carbocycles. The lowest BCUT2D eigenvalue weighted by molar-refractivity contribution is -0.130. The maximum absolute atomic E-state index is 12.5. The maximum Gasteiger partial charge on any atom is 0.237 e. The van der Waals surface area contributed by atoms with Gasteiger partial charge in [-0.2, -0.15) is 5.26 Å². The van der Waals surface area contributed by atoms with Crippen LogP contribution in [0.25, 0.3) is 0 Å². The zero-order valence-corrected chi connectivity index (χ0v) is 16.7. The van der Waals surface area contributed by atoms with Crippen LogP contribution in [0.4, 0.5) is 0 Å². The average molecular weight is 395 g/mol. The van der Waals surface area contributed by atoms with Gasteiger partial charge < -0.3 is 10.2 Å². The van der Waals surface area contributed by atoms with Crippen LogP contribution in [0.3, 0.4) is 0 Å². The molecule has 1 N–H and O–H groups in total. The molecule has 0 aromatic carbocycles. The molecule has 4 aliphatic rings. The molecule has 150 valence electrons. The zero-order chi connectivity index (χ0) is 19.1. The van der Waals surface area contributed by atoms with Gasteiger partial charge in [0.25, 0.3) is 0 Å². The summed E-state index contributed by atoms with van der Waals surface area (Å²) in [5.41, 5.74) is 0.0733. The van der Waals surface area contributed by atoms with Gasteiger partial charge in [0.05, 0.1) is 18.4 Å². The number of nitrogens with one attached hydrogen (secondary N) is 1. The first-order valence-corrected chi connectivity index (χ1v) is 11.9. The van der Waals surface area contributed by atoms with Gasteiger partial charge in [-0.05, 0) is 56.3 Å². The van der Waals surface area contributed by atoms with Crippen LogP contribution in [0.15, 0.2) is 0 Å². The van der Waals surface area contributed by atoms with Crippen molar-refractivity contribution >= 4 is 15.9 Å². The van der Waals surface area contributed by atoms with Crippen molar-refractivity contribution in [3.05, 3.63) is 0 Å². The van der Waals surface area contributed by atoms with Gasteiger partial charge in [-0.1, -0.05) is 6.42 Å². The molecular weight excluding hydrogens is 364 g/mol. The number of likely N-dealkylation sites (tertiary alicyclic amines) is 1. The topological polar surface area (TPSA) is 93.5 Å². The van der Waals surface area contributed by atoms with Crippen LogP contribution in [0, 0.1) is 22.7 Å². The Balaban J connectivity index is 1.36. The number of nitrogens with zero attached hydrogens (tertiary/aromatic N) is 3. The third-order valence-electron chi connectivity index (χ3n) is 7.15. The predicted molar refractivity (Wildman–Crippen MR) is 101 cm³/mol. The second kappa shape index (κ2) is 7.34. The van der Waals surface area contributed by atoms with E-state index in [2.05, 4.69) is 11.4 Å². The molecule has 1 amide bonds. The number of carbonyl (C=O) groups excluding carboxylic acids is 1. The lowest BCUT2D eigenvalue weighted by atomic mass is 9.75. The minimum absolute atomic E-state index is 0.0247. The van der Waals surface area contributed by atoms with Crippen molar-refractivity contribution < 1.29 is 13.2 Å². The molecule has 27 heavy (non-hydrogen) atoms. The van der Waals surface area contributed by atoms with Crippen molar-refractivity contribution in [2.45, 2.75) is 63.5 Å². The summed E-state index contributed by atoms with van der Waals surface area (Å²) in [6, 6.07) is 2.24. The minimum Gasteiger partial charge on any atom is -0.326 e. The molecule has 8 heteroatoms. The van der Waals surface area contributed by atoms with E-state index in [1.54, 1.807) is 9.21 Å². The Morgan fingerprint density at radius 1 is 1.19 bits per heavy atom. The predicted octanol–water partition coefficient (Wildman–Crippen LogP) is 1.07. The Morgan fingerprint density at radius 3 is 2.78 bits per heavy atom. The first kappa shape index (κ1) is 19.2. The van der Waals surface area contributed by atoms with E-state index in [9.17, 15) is 18.5 Å². The Kier molecular flexibility index (Phi) is 5.21. The number of amides is 1. The van der Waals surface area contributed by atoms with Gasteiger partial charge in [0.2, 0.25) is 15.9 Å². The van der Waals surface area contributed by atoms with E-state index in [-0.39, 0.29) is 30.0 Å². The van der Waals surface area contributed by atoms with Crippen LogP contribution < -0.4 is 5.32 Å². The standard InChI is InChI=1S/C19H30N4O3S/c20-12-16-5-2-8-23(16)18(24)13-21-17-11-19(6-1-4-15(17)10-19)14-22-7-3-9-27(22,25)26/h15-17,21H,1-11,13-14H2/t15?,16-,17?,19?/m0/s1. The van der Waals surface area contributed by atoms with Crippen LogP contribution >= 0.6 is 0 Å². The van der Waals surface area contributed by atoms with Crippen molar-refractivity contribution in [3.63, 3.8) is 0 Å². The zero-order valence-electron chi connectivity index (χ0n) is 15.9. The van der Waals surface area contributed by atoms with Crippen molar-refractivity contribution in [2.24, 2.45) is 11.3 Å². The molecule has 2 saturated heterocycles. The van der Waals surface area contributed by atoms with Gasteiger partial charge in [-0.3, -0.25) is 4.79 Å². The molecule has 0 radical (unpaired) electrons. The molecular formula is C19H30N4O3S. The number of fused-ring (bicyclic) bond motifs is 2. The summed E-state index contributed by atoms with van der Waals surface area (Å²) in [5, 5.41) is 12.7. The number of rotatable bonds is 5. The fourth-order valence-electron chi connectivity index (χ4n) is 5.87. The van der Waals surface area contributed by atoms with Crippen LogP contribution in [0.1, 0.15) is 51.4 Å². The molecule has 2 heterocycles. The van der Waals surface area contributed by atoms with E-state index in [4.69, 9.17) is 0 Å². The van der Waals surface area contributed by atoms with Crippen molar-refractivity contribution in [1.82, 2.24) is 14.5 Å². The van der Waals surface area contributed by atoms with E-state index < -0.39 is 10.0 Å². The van der Waals surface area contributed by atoms with E-state index >= 15 is 0 Å². The van der Waals surface area contributed by atoms with Crippen LogP contribution in [-0.4, -0.2) is 67.5 Å². The SMILES string of the molecule is N#C[C@@H]1CCCN1C(=O)CNC1CC2(CN3CCCS3(=O)=O)CCCC1C2. The summed E-state index contributed by atoms with van der Waals surface area (Å²) >= 11 is 0. The molecule has 7 nitrogen and oxygen atoms in total. The first-order chi connectivity index (χ1) is 12.9. The summed E-state index contributed by atoms with van der Waals surface area (Å²) in [6.07, 6.45) is 7.84. The van der Waals surface area contributed by atoms with E-state index in [1.807, 2.05) is 0 Å². The van der Waals surface area contributed by atoms with E-state index in [1.165, 1.54) is 0 Å². The fourth-order valence-corrected chi connectivity index (χ4v) is 7.50. The highest BCUT2D eigenvalue weighted by Crippen LogP contribution is 2.52. The summed E-state index contributed by atoms with van der Waals surface area (Å²) in [5.74, 6) is 0.845. The molecule has 4 atom stereocenters. The van der Waals surface area contributed by atoms with E-state index in [0.29, 0.717) is 31.3 Å². The lowest BCUT2D eigenvalue weighted by Crippen LogP contribution is -2.44. The minimum atomic E-state index is -3.06. The van der Waals surface area contributed by atoms with Gasteiger partial charge in [0.15, 0.2) is 0 Å². The van der Waals surface area contributed by atoms with Crippen molar-refractivity contribution in [1.29, 1.82) is 5.26 Å². The van der Waals surface area contributed by atoms with Gasteiger partial charge in [0, 0.05) is 25.7 Å². The summed E-state index contributed by atoms with van der Waals surface area (Å²) in [6.45, 7) is 2.29. The summed E-state index contributed by atoms with van der Waals surface area (Å²) in [7, 11) is -3.06. The molecule has 0 spiro atoms. The highest BCUT2D eigenvalue weighted by Gasteiger charge is 2.49. The second-order valence-corrected chi connectivity index (χ2v) is 11.0. The van der Waals surface area contributed by atoms with Crippen LogP contribution in [-0.2, 0) is 14.8 Å². The molecule has 3 unspecified atom stereocenters. The number of hydrogen-bond donors (Lipinski definition) is 1. The van der Waals surface area contributed by atoms with Gasteiger partial charge in [0.1, 0.15) is 6.04 Å². The Hall–Kier alpha value is -1.17. The van der Waals surface area contributed by atoms with Crippen LogP contribution in [0.5, 0.6) is 0 Å². The van der Waals surface area contributed by atoms with Crippen LogP contribution in [0.2, 0.25) is 0 Å². The smallest absolute Gasteiger partial charge is 0.237 e. The average Bonchev–Trinajstić information content (AvgIpc) is 3.30. The molecule has 4 rings (SSSR count). The largest absolute Gasteiger partial charge is 0.326 e. The quantitative estimate of drug-likeness (QED) is 0.753. The van der Waals surface area contributed by atoms with Gasteiger partial charge >= 0.3 is 0 Å². The number of sulfonamides is 1. The number of carbonyl (C=O) groups is 1. The monoisotopic (exact) mass is 394 g/mol. The first-order valence-electron chi connectivity index (χ1n) is 10.3. The maximum atomic E-state index is 12.5. The fraction of sp³-hybridized carbons (Fsp3) is 0.895. The third-order valence-corrected chi connectivity index (χ3v) is 9.05. The third kappa shape index (κ3) is 3.74. The van der Waals surface area contributed by atoms with E-state index in [0.717, 1.165) is 51.4 Å². The molecule has 4 fully saturated rings. The summed E-state index contributed by atoms with van der Waals surface area (Å²) < 4.78 is 26.2. The number of nitriles is 1. The second-order valence-electron chi connectivity index (χ2n) is 8.93. The van der Waals surface area contributed by atoms with Gasteiger partial charge in [-0.25, -0.2) is 12.7 Å².